The molecule has 4 aromatic heterocycles. The van der Waals surface area contributed by atoms with Crippen molar-refractivity contribution in [2.75, 3.05) is 169 Å². The SMILES string of the molecule is CN(CCO)c1ccc(C#C/C=C(\C#N)C(=O)OC(C)(C)C)cc1.CN(CCO)c1ccc(C#CC=O)cc1.CN(CCO)c1ccc(C#CCO)cc1.CN(CCO)c1ccc(I)cc1.CN(CCO)c1ccccc1.CN(CCOC(=O)NCc1ccc(COc2nc(N)nc3nc[nH]c23)cc1)c1ccc(C#C/C=C(\C#N)C(=O)OC(C)(C)C)cc1.NCc1ccc(COc2nc(N)nc3nc[nH]c23)cc1. The van der Waals surface area contributed by atoms with Crippen molar-refractivity contribution in [1.29, 1.82) is 10.5 Å². The number of aliphatic hydroxyl groups excluding tert-OH is 6. The van der Waals surface area contributed by atoms with Gasteiger partial charge in [0.05, 0.1) is 52.2 Å². The molecule has 0 fully saturated rings. The van der Waals surface area contributed by atoms with E-state index < -0.39 is 29.2 Å². The number of anilines is 8. The molecule has 0 unspecified atom stereocenters. The van der Waals surface area contributed by atoms with Gasteiger partial charge in [0.1, 0.15) is 71.9 Å². The van der Waals surface area contributed by atoms with Crippen molar-refractivity contribution >= 4 is 115 Å². The number of imidazole rings is 2. The van der Waals surface area contributed by atoms with Crippen LogP contribution in [-0.4, -0.2) is 234 Å². The predicted molar refractivity (Wildman–Crippen MR) is 566 cm³/mol. The van der Waals surface area contributed by atoms with Crippen LogP contribution in [0, 0.1) is 73.6 Å². The number of esters is 2. The number of nitrogens with two attached hydrogens (primary N) is 3. The Hall–Kier alpha value is -16.1. The number of rotatable bonds is 30. The summed E-state index contributed by atoms with van der Waals surface area (Å²) in [5.74, 6) is 21.2. The maximum Gasteiger partial charge on any atom is 0.407 e. The zero-order valence-corrected chi connectivity index (χ0v) is 84.3. The second-order valence-corrected chi connectivity index (χ2v) is 34.0. The van der Waals surface area contributed by atoms with Crippen LogP contribution in [0.4, 0.5) is 50.8 Å². The number of carbonyl (C=O) groups excluding carboxylic acids is 4. The molecule has 15 N–H and O–H groups in total. The first-order chi connectivity index (χ1) is 68.7. The zero-order chi connectivity index (χ0) is 104. The van der Waals surface area contributed by atoms with Gasteiger partial charge in [-0.1, -0.05) is 108 Å². The number of nitrogens with zero attached hydrogens (tertiary/aromatic N) is 14. The van der Waals surface area contributed by atoms with Gasteiger partial charge < -0.3 is 116 Å². The van der Waals surface area contributed by atoms with Crippen molar-refractivity contribution in [2.24, 2.45) is 5.73 Å². The van der Waals surface area contributed by atoms with Gasteiger partial charge in [-0.2, -0.15) is 30.5 Å². The third-order valence-corrected chi connectivity index (χ3v) is 20.2. The summed E-state index contributed by atoms with van der Waals surface area (Å²) in [7, 11) is 11.5. The number of hydrogen-bond acceptors (Lipinski definition) is 32. The molecular formula is C107H123IN20O15. The lowest BCUT2D eigenvalue weighted by molar-refractivity contribution is -0.150. The summed E-state index contributed by atoms with van der Waals surface area (Å²) in [5.41, 5.74) is 30.7. The number of aromatic amines is 2. The molecule has 0 bridgehead atoms. The molecule has 143 heavy (non-hydrogen) atoms. The van der Waals surface area contributed by atoms with Gasteiger partial charge in [0.2, 0.25) is 23.7 Å². The molecule has 0 spiro atoms. The largest absolute Gasteiger partial charge is 0.471 e. The Morgan fingerprint density at radius 2 is 0.769 bits per heavy atom. The lowest BCUT2D eigenvalue weighted by Crippen LogP contribution is -2.28. The average Bonchev–Trinajstić information content (AvgIpc) is 1.69. The highest BCUT2D eigenvalue weighted by molar-refractivity contribution is 14.1. The number of para-hydroxylation sites is 1. The van der Waals surface area contributed by atoms with E-state index >= 15 is 0 Å². The number of benzene rings is 8. The van der Waals surface area contributed by atoms with Crippen molar-refractivity contribution in [2.45, 2.75) is 79.0 Å². The summed E-state index contributed by atoms with van der Waals surface area (Å²) >= 11 is 2.27. The van der Waals surface area contributed by atoms with Crippen LogP contribution in [0.1, 0.15) is 86.1 Å². The van der Waals surface area contributed by atoms with Crippen molar-refractivity contribution < 1.29 is 73.5 Å². The number of aliphatic hydroxyl groups is 6. The van der Waals surface area contributed by atoms with Gasteiger partial charge in [-0.05, 0) is 226 Å². The number of aromatic nitrogens is 8. The van der Waals surface area contributed by atoms with Crippen LogP contribution in [0.25, 0.3) is 22.3 Å². The summed E-state index contributed by atoms with van der Waals surface area (Å²) < 4.78 is 28.4. The molecule has 12 aromatic rings. The van der Waals surface area contributed by atoms with E-state index in [0.717, 1.165) is 73.1 Å². The van der Waals surface area contributed by atoms with Crippen molar-refractivity contribution in [3.05, 3.63) is 284 Å². The summed E-state index contributed by atoms with van der Waals surface area (Å²) in [6, 6.07) is 67.3. The van der Waals surface area contributed by atoms with Crippen LogP contribution in [0.15, 0.2) is 236 Å². The third-order valence-electron chi connectivity index (χ3n) is 19.5. The third kappa shape index (κ3) is 43.9. The minimum Gasteiger partial charge on any atom is -0.471 e. The lowest BCUT2D eigenvalue weighted by atomic mass is 10.1. The Bertz CT molecular complexity index is 6360. The number of carbonyl (C=O) groups is 4. The standard InChI is InChI=1S/C33H34N8O5.C19H22N2O3.C13H14N6O.C12H15NO2.C12H13NO2.C9H12INO.C9H13NO/c1-33(2,3)46-30(42)25(18-34)7-5-6-22-12-14-26(15-13-22)41(4)16-17-44-32(43)36-19-23-8-10-24(11-9-23)20-45-29-27-28(38-21-37-27)39-31(35)40-29;1-19(2,3)24-18(23)16(14-20)7-5-6-15-8-10-17(11-9-15)21(4)12-13-22;14-5-8-1-3-9(4-2-8)6-20-12-10-11(17-7-16-10)18-13(15)19-12;2*1-13(8-10-15)12-6-4-11(5-7-12)3-2-9-14;1-11(6-7-12)9-4-2-8(10)3-5-9;1-10(7-8-11)9-5-3-2-4-6-9/h7-15,21H,16-17,19-20H2,1-4H3,(H,36,43)(H3,35,37,38,39,40);7-11,22H,12-13H2,1-4H3;1-4,7H,5-6,14H2,(H3,15,16,17,18,19);4-7,14-15H,8-10H2,1H3;4-7,9,15H,8,10H2,1H3;2-5,12H,6-7H2,1H3;2-6,11H,7-8H2,1H3/b25-7+;16-7+;;;;;. The summed E-state index contributed by atoms with van der Waals surface area (Å²) in [5, 5.41) is 73.4. The van der Waals surface area contributed by atoms with Gasteiger partial charge in [0.25, 0.3) is 0 Å². The number of alkyl carbamates (subject to hydrolysis) is 1. The first-order valence-electron chi connectivity index (χ1n) is 44.9. The first kappa shape index (κ1) is 116. The summed E-state index contributed by atoms with van der Waals surface area (Å²) in [6.07, 6.45) is 5.60. The van der Waals surface area contributed by atoms with Gasteiger partial charge in [-0.25, -0.2) is 24.4 Å². The molecule has 0 radical (unpaired) electrons. The molecule has 36 heteroatoms. The fourth-order valence-electron chi connectivity index (χ4n) is 11.9. The number of hydrogen-bond donors (Lipinski definition) is 12. The topological polar surface area (TPSA) is 502 Å². The molecule has 35 nitrogen and oxygen atoms in total. The summed E-state index contributed by atoms with van der Waals surface area (Å²) in [4.78, 5) is 88.1. The van der Waals surface area contributed by atoms with Crippen molar-refractivity contribution in [1.82, 2.24) is 45.2 Å². The number of nitriles is 2. The molecule has 8 aromatic carbocycles. The number of aldehydes is 1. The Morgan fingerprint density at radius 3 is 1.10 bits per heavy atom. The molecule has 0 saturated heterocycles. The van der Waals surface area contributed by atoms with Gasteiger partial charge in [0, 0.05) is 160 Å². The number of fused-ring (bicyclic) bond motifs is 2. The van der Waals surface area contributed by atoms with E-state index in [-0.39, 0.29) is 75.9 Å². The van der Waals surface area contributed by atoms with Crippen LogP contribution in [0.5, 0.6) is 11.8 Å². The smallest absolute Gasteiger partial charge is 0.407 e. The number of nitrogen functional groups attached to an aromatic ring is 2. The van der Waals surface area contributed by atoms with Crippen LogP contribution in [-0.2, 0) is 54.9 Å². The second kappa shape index (κ2) is 62.8. The van der Waals surface area contributed by atoms with Gasteiger partial charge >= 0.3 is 18.0 Å². The molecule has 0 saturated carbocycles. The molecule has 748 valence electrons. The molecule has 12 rings (SSSR count). The minimum atomic E-state index is -0.711. The average molecular weight is 2060 g/mol. The Balaban J connectivity index is 0.000000274. The Labute approximate surface area is 848 Å². The number of nitrogens with one attached hydrogen (secondary N) is 3. The molecule has 0 aliphatic carbocycles. The highest BCUT2D eigenvalue weighted by Gasteiger charge is 2.22. The zero-order valence-electron chi connectivity index (χ0n) is 82.2. The van der Waals surface area contributed by atoms with Crippen molar-refractivity contribution in [3.8, 4) is 71.3 Å². The molecule has 0 aliphatic heterocycles. The van der Waals surface area contributed by atoms with Crippen LogP contribution in [0.3, 0.4) is 0 Å². The number of halogens is 1. The maximum atomic E-state index is 12.2. The number of amides is 1. The molecule has 0 atom stereocenters. The number of allylic oxidation sites excluding steroid dienone is 2. The Morgan fingerprint density at radius 1 is 0.441 bits per heavy atom. The van der Waals surface area contributed by atoms with E-state index in [4.69, 9.17) is 76.8 Å². The van der Waals surface area contributed by atoms with Crippen molar-refractivity contribution in [3.63, 3.8) is 0 Å². The van der Waals surface area contributed by atoms with E-state index in [1.165, 1.54) is 28.4 Å². The number of ether oxygens (including phenoxy) is 5. The molecule has 4 heterocycles. The van der Waals surface area contributed by atoms with E-state index in [1.807, 2.05) is 254 Å². The second-order valence-electron chi connectivity index (χ2n) is 32.8. The first-order valence-corrected chi connectivity index (χ1v) is 46.0. The van der Waals surface area contributed by atoms with Crippen LogP contribution < -0.4 is 61.4 Å². The number of H-pyrrole nitrogens is 2. The van der Waals surface area contributed by atoms with E-state index in [2.05, 4.69) is 139 Å². The fraction of sp³-hybridized carbons (Fsp3) is 0.290. The van der Waals surface area contributed by atoms with E-state index in [1.54, 1.807) is 47.6 Å². The maximum absolute atomic E-state index is 12.2. The van der Waals surface area contributed by atoms with E-state index in [0.29, 0.717) is 105 Å². The normalized spacial score (nSPS) is 10.4. The molecular weight excluding hydrogens is 1930 g/mol. The molecule has 1 amide bonds. The van der Waals surface area contributed by atoms with E-state index in [9.17, 15) is 24.4 Å². The molecule has 0 aliphatic rings. The van der Waals surface area contributed by atoms with Gasteiger partial charge in [0.15, 0.2) is 17.6 Å². The Kier molecular flexibility index (Phi) is 50.7. The highest BCUT2D eigenvalue weighted by Crippen LogP contribution is 2.26. The highest BCUT2D eigenvalue weighted by atomic mass is 127. The monoisotopic (exact) mass is 2050 g/mol. The lowest BCUT2D eigenvalue weighted by Gasteiger charge is -2.19. The minimum absolute atomic E-state index is 0.0790. The predicted octanol–water partition coefficient (Wildman–Crippen LogP) is 11.2. The fourth-order valence-corrected chi connectivity index (χ4v) is 12.2. The van der Waals surface area contributed by atoms with Gasteiger partial charge in [-0.3, -0.25) is 4.79 Å². The quantitative estimate of drug-likeness (QED) is 0.00378. The summed E-state index contributed by atoms with van der Waals surface area (Å²) in [6.45, 7) is 16.3. The number of likely N-dealkylation sites (N-methyl/N-ethyl adjacent to an activating group) is 6. The van der Waals surface area contributed by atoms with Crippen LogP contribution >= 0.6 is 22.6 Å². The van der Waals surface area contributed by atoms with Gasteiger partial charge in [-0.15, -0.1) is 0 Å². The van der Waals surface area contributed by atoms with Crippen LogP contribution in [0.2, 0.25) is 0 Å².